The summed E-state index contributed by atoms with van der Waals surface area (Å²) in [6.45, 7) is 3.19. The Bertz CT molecular complexity index is 891. The summed E-state index contributed by atoms with van der Waals surface area (Å²) in [5.41, 5.74) is 6.76. The van der Waals surface area contributed by atoms with Crippen molar-refractivity contribution < 1.29 is 13.9 Å². The number of pyridine rings is 1. The highest BCUT2D eigenvalue weighted by Crippen LogP contribution is 2.35. The molecule has 2 rings (SSSR count). The van der Waals surface area contributed by atoms with Gasteiger partial charge in [-0.2, -0.15) is 0 Å². The molecule has 0 bridgehead atoms. The van der Waals surface area contributed by atoms with Crippen molar-refractivity contribution in [1.82, 2.24) is 4.98 Å². The van der Waals surface area contributed by atoms with Gasteiger partial charge in [-0.1, -0.05) is 35.0 Å². The van der Waals surface area contributed by atoms with E-state index in [2.05, 4.69) is 16.8 Å². The van der Waals surface area contributed by atoms with Crippen LogP contribution in [-0.2, 0) is 4.79 Å². The molecule has 4 nitrogen and oxygen atoms in total. The quantitative estimate of drug-likeness (QED) is 0.574. The lowest BCUT2D eigenvalue weighted by atomic mass is 10.1. The lowest BCUT2D eigenvalue weighted by Crippen LogP contribution is -2.08. The van der Waals surface area contributed by atoms with Gasteiger partial charge in [-0.05, 0) is 26.0 Å². The lowest BCUT2D eigenvalue weighted by Gasteiger charge is -2.18. The highest BCUT2D eigenvalue weighted by molar-refractivity contribution is 6.36. The Morgan fingerprint density at radius 1 is 1.42 bits per heavy atom. The van der Waals surface area contributed by atoms with Crippen LogP contribution in [0.4, 0.5) is 10.2 Å². The van der Waals surface area contributed by atoms with Crippen LogP contribution in [0.5, 0.6) is 5.75 Å². The third-order valence-corrected chi connectivity index (χ3v) is 4.22. The number of benzene rings is 1. The van der Waals surface area contributed by atoms with Gasteiger partial charge >= 0.3 is 0 Å². The number of nitrogens with zero attached hydrogens (tertiary/aromatic N) is 1. The summed E-state index contributed by atoms with van der Waals surface area (Å²) in [5.74, 6) is 5.73. The van der Waals surface area contributed by atoms with Crippen LogP contribution in [0.1, 0.15) is 43.9 Å². The molecule has 7 heteroatoms. The second-order valence-electron chi connectivity index (χ2n) is 5.63. The van der Waals surface area contributed by atoms with Crippen molar-refractivity contribution in [2.75, 3.05) is 5.73 Å². The number of hydrogen-bond acceptors (Lipinski definition) is 4. The molecule has 26 heavy (non-hydrogen) atoms. The minimum absolute atomic E-state index is 0.0800. The summed E-state index contributed by atoms with van der Waals surface area (Å²) < 4.78 is 19.5. The molecule has 0 aliphatic carbocycles. The molecule has 1 atom stereocenters. The molecule has 136 valence electrons. The summed E-state index contributed by atoms with van der Waals surface area (Å²) in [7, 11) is 0. The fraction of sp³-hybridized carbons (Fsp3) is 0.263. The summed E-state index contributed by atoms with van der Waals surface area (Å²) in [6, 6.07) is 4.23. The number of aromatic nitrogens is 1. The standard InChI is InChI=1S/C19H17Cl2FN2O2/c1-11(25)5-3-4-6-13-9-16(19(23)24-10-13)26-12(2)17-14(20)7-8-15(22)18(17)21/h7-10,12H,3,5H2,1-2H3,(H2,23,24). The predicted octanol–water partition coefficient (Wildman–Crippen LogP) is 4.97. The van der Waals surface area contributed by atoms with Crippen LogP contribution in [0.3, 0.4) is 0 Å². The maximum atomic E-state index is 13.7. The summed E-state index contributed by atoms with van der Waals surface area (Å²) in [4.78, 5) is 15.0. The van der Waals surface area contributed by atoms with Crippen molar-refractivity contribution in [2.24, 2.45) is 0 Å². The van der Waals surface area contributed by atoms with Gasteiger partial charge < -0.3 is 10.5 Å². The second kappa shape index (κ2) is 8.88. The summed E-state index contributed by atoms with van der Waals surface area (Å²) >= 11 is 12.1. The number of halogens is 3. The van der Waals surface area contributed by atoms with E-state index in [1.54, 1.807) is 13.0 Å². The van der Waals surface area contributed by atoms with Gasteiger partial charge in [-0.25, -0.2) is 9.37 Å². The van der Waals surface area contributed by atoms with Crippen molar-refractivity contribution in [1.29, 1.82) is 0 Å². The van der Waals surface area contributed by atoms with Crippen molar-refractivity contribution in [3.8, 4) is 17.6 Å². The molecule has 2 aromatic rings. The lowest BCUT2D eigenvalue weighted by molar-refractivity contribution is -0.116. The van der Waals surface area contributed by atoms with Gasteiger partial charge in [-0.15, -0.1) is 0 Å². The average Bonchev–Trinajstić information content (AvgIpc) is 2.58. The Kier molecular flexibility index (Phi) is 6.84. The average molecular weight is 395 g/mol. The fourth-order valence-electron chi connectivity index (χ4n) is 2.19. The fourth-order valence-corrected chi connectivity index (χ4v) is 2.86. The molecule has 0 spiro atoms. The first-order valence-corrected chi connectivity index (χ1v) is 8.59. The van der Waals surface area contributed by atoms with Crippen LogP contribution in [0.25, 0.3) is 0 Å². The molecule has 0 amide bonds. The van der Waals surface area contributed by atoms with E-state index in [1.165, 1.54) is 25.3 Å². The summed E-state index contributed by atoms with van der Waals surface area (Å²) in [6.07, 6.45) is 1.71. The van der Waals surface area contributed by atoms with E-state index < -0.39 is 11.9 Å². The number of ketones is 1. The molecule has 0 aliphatic heterocycles. The first-order chi connectivity index (χ1) is 12.3. The van der Waals surface area contributed by atoms with E-state index >= 15 is 0 Å². The van der Waals surface area contributed by atoms with Gasteiger partial charge in [0.2, 0.25) is 0 Å². The molecule has 1 unspecified atom stereocenters. The smallest absolute Gasteiger partial charge is 0.166 e. The molecule has 0 saturated heterocycles. The van der Waals surface area contributed by atoms with Crippen molar-refractivity contribution in [3.63, 3.8) is 0 Å². The monoisotopic (exact) mass is 394 g/mol. The van der Waals surface area contributed by atoms with E-state index in [1.807, 2.05) is 0 Å². The van der Waals surface area contributed by atoms with E-state index in [4.69, 9.17) is 33.7 Å². The molecule has 1 heterocycles. The zero-order valence-corrected chi connectivity index (χ0v) is 15.8. The Morgan fingerprint density at radius 2 is 2.15 bits per heavy atom. The largest absolute Gasteiger partial charge is 0.482 e. The molecule has 1 aromatic heterocycles. The molecule has 2 N–H and O–H groups in total. The Labute approximate surface area is 161 Å². The van der Waals surface area contributed by atoms with Crippen molar-refractivity contribution in [2.45, 2.75) is 32.8 Å². The van der Waals surface area contributed by atoms with Gasteiger partial charge in [-0.3, -0.25) is 4.79 Å². The zero-order chi connectivity index (χ0) is 19.3. The van der Waals surface area contributed by atoms with E-state index in [9.17, 15) is 9.18 Å². The SMILES string of the molecule is CC(=O)CCC#Cc1cnc(N)c(OC(C)c2c(Cl)ccc(F)c2Cl)c1. The molecule has 0 fully saturated rings. The minimum atomic E-state index is -0.657. The first kappa shape index (κ1) is 20.0. The third-order valence-electron chi connectivity index (χ3n) is 3.51. The molecular weight excluding hydrogens is 378 g/mol. The maximum absolute atomic E-state index is 13.7. The highest BCUT2D eigenvalue weighted by atomic mass is 35.5. The van der Waals surface area contributed by atoms with Crippen LogP contribution in [0.15, 0.2) is 24.4 Å². The van der Waals surface area contributed by atoms with E-state index in [0.717, 1.165) is 0 Å². The van der Waals surface area contributed by atoms with Crippen LogP contribution in [-0.4, -0.2) is 10.8 Å². The van der Waals surface area contributed by atoms with Crippen LogP contribution >= 0.6 is 23.2 Å². The van der Waals surface area contributed by atoms with Crippen molar-refractivity contribution >= 4 is 34.8 Å². The number of hydrogen-bond donors (Lipinski definition) is 1. The number of nitrogens with two attached hydrogens (primary N) is 1. The molecule has 0 saturated carbocycles. The summed E-state index contributed by atoms with van der Waals surface area (Å²) in [5, 5.41) is 0.187. The normalized spacial score (nSPS) is 11.4. The van der Waals surface area contributed by atoms with E-state index in [-0.39, 0.29) is 27.4 Å². The second-order valence-corrected chi connectivity index (χ2v) is 6.41. The van der Waals surface area contributed by atoms with Gasteiger partial charge in [0.1, 0.15) is 17.7 Å². The number of ether oxygens (including phenoxy) is 1. The van der Waals surface area contributed by atoms with Gasteiger partial charge in [0.25, 0.3) is 0 Å². The number of nitrogen functional groups attached to an aromatic ring is 1. The third kappa shape index (κ3) is 5.10. The van der Waals surface area contributed by atoms with Crippen molar-refractivity contribution in [3.05, 3.63) is 51.4 Å². The molecular formula is C19H17Cl2FN2O2. The van der Waals surface area contributed by atoms with Gasteiger partial charge in [0.05, 0.1) is 5.02 Å². The minimum Gasteiger partial charge on any atom is -0.482 e. The zero-order valence-electron chi connectivity index (χ0n) is 14.3. The Hall–Kier alpha value is -2.29. The topological polar surface area (TPSA) is 65.2 Å². The van der Waals surface area contributed by atoms with Gasteiger partial charge in [0.15, 0.2) is 11.6 Å². The first-order valence-electron chi connectivity index (χ1n) is 7.83. The maximum Gasteiger partial charge on any atom is 0.166 e. The van der Waals surface area contributed by atoms with Gasteiger partial charge in [0, 0.05) is 41.3 Å². The highest BCUT2D eigenvalue weighted by Gasteiger charge is 2.19. The van der Waals surface area contributed by atoms with Crippen LogP contribution in [0.2, 0.25) is 10.0 Å². The Morgan fingerprint density at radius 3 is 2.85 bits per heavy atom. The van der Waals surface area contributed by atoms with E-state index in [0.29, 0.717) is 24.0 Å². The number of rotatable bonds is 5. The predicted molar refractivity (Wildman–Crippen MR) is 101 cm³/mol. The Balaban J connectivity index is 2.23. The number of carbonyl (C=O) groups excluding carboxylic acids is 1. The molecule has 0 aliphatic rings. The molecule has 1 aromatic carbocycles. The number of anilines is 1. The number of Topliss-reactive ketones (excluding diaryl/α,β-unsaturated/α-hetero) is 1. The number of carbonyl (C=O) groups is 1. The van der Waals surface area contributed by atoms with Crippen LogP contribution < -0.4 is 10.5 Å². The molecule has 0 radical (unpaired) electrons. The van der Waals surface area contributed by atoms with Crippen LogP contribution in [0, 0.1) is 17.7 Å².